The summed E-state index contributed by atoms with van der Waals surface area (Å²) in [5.74, 6) is 0. The van der Waals surface area contributed by atoms with E-state index in [1.54, 1.807) is 0 Å². The quantitative estimate of drug-likeness (QED) is 0.639. The number of aliphatic hydroxyl groups is 1. The molecule has 0 spiro atoms. The Balaban J connectivity index is 5.01. The highest BCUT2D eigenvalue weighted by Gasteiger charge is 2.66. The molecule has 0 radical (unpaired) electrons. The van der Waals surface area contributed by atoms with E-state index in [0.29, 0.717) is 0 Å². The Kier molecular flexibility index (Phi) is 4.25. The van der Waals surface area contributed by atoms with Crippen molar-refractivity contribution in [1.29, 1.82) is 0 Å². The van der Waals surface area contributed by atoms with Crippen LogP contribution in [0.2, 0.25) is 0 Å². The van der Waals surface area contributed by atoms with Crippen molar-refractivity contribution in [3.05, 3.63) is 0 Å². The highest BCUT2D eigenvalue weighted by atomic mass is 35.5. The van der Waals surface area contributed by atoms with Crippen LogP contribution < -0.4 is 0 Å². The number of ether oxygens (including phenoxy) is 1. The van der Waals surface area contributed by atoms with E-state index in [4.69, 9.17) is 5.11 Å². The second-order valence-corrected chi connectivity index (χ2v) is 3.11. The number of alkyl halides is 10. The molecule has 0 aromatic carbocycles. The predicted molar refractivity (Wildman–Crippen MR) is 33.8 cm³/mol. The molecule has 0 aliphatic carbocycles. The number of halogens is 10. The van der Waals surface area contributed by atoms with Crippen LogP contribution in [-0.2, 0) is 4.74 Å². The van der Waals surface area contributed by atoms with Crippen molar-refractivity contribution in [2.45, 2.75) is 29.9 Å². The Labute approximate surface area is 91.9 Å². The topological polar surface area (TPSA) is 29.5 Å². The monoisotopic (exact) mass is 300 g/mol. The third-order valence-corrected chi connectivity index (χ3v) is 1.50. The van der Waals surface area contributed by atoms with Gasteiger partial charge in [0.25, 0.3) is 6.17 Å². The summed E-state index contributed by atoms with van der Waals surface area (Å²) in [5, 5.41) is 2.17. The molecule has 0 heterocycles. The van der Waals surface area contributed by atoms with Crippen LogP contribution in [0.15, 0.2) is 0 Å². The van der Waals surface area contributed by atoms with Gasteiger partial charge in [-0.3, -0.25) is 4.74 Å². The maximum atomic E-state index is 12.4. The van der Waals surface area contributed by atoms with Crippen molar-refractivity contribution in [2.24, 2.45) is 0 Å². The summed E-state index contributed by atoms with van der Waals surface area (Å²) in [7, 11) is 0. The summed E-state index contributed by atoms with van der Waals surface area (Å²) in [6.45, 7) is 0. The number of hydrogen-bond donors (Lipinski definition) is 1. The summed E-state index contributed by atoms with van der Waals surface area (Å²) in [6.07, 6.45) is -23.1. The first kappa shape index (κ1) is 16.6. The van der Waals surface area contributed by atoms with Crippen molar-refractivity contribution in [1.82, 2.24) is 0 Å². The van der Waals surface area contributed by atoms with Gasteiger partial charge >= 0.3 is 23.7 Å². The second-order valence-electron chi connectivity index (χ2n) is 2.63. The highest BCUT2D eigenvalue weighted by Crippen LogP contribution is 2.44. The molecular formula is C5H2ClF9O2. The number of rotatable bonds is 4. The van der Waals surface area contributed by atoms with Gasteiger partial charge in [-0.25, -0.2) is 4.39 Å². The van der Waals surface area contributed by atoms with Crippen LogP contribution in [0.4, 0.5) is 39.5 Å². The second kappa shape index (κ2) is 4.35. The molecule has 0 aromatic rings. The van der Waals surface area contributed by atoms with E-state index in [2.05, 4.69) is 16.3 Å². The lowest BCUT2D eigenvalue weighted by atomic mass is 10.3. The maximum Gasteiger partial charge on any atom is 0.428 e. The van der Waals surface area contributed by atoms with Crippen LogP contribution in [0.5, 0.6) is 0 Å². The van der Waals surface area contributed by atoms with Crippen molar-refractivity contribution in [2.75, 3.05) is 0 Å². The van der Waals surface area contributed by atoms with E-state index in [9.17, 15) is 39.5 Å². The zero-order valence-electron chi connectivity index (χ0n) is 7.21. The SMILES string of the molecule is OC(F)(F)C(F)(Cl)OC(F)(F)C(F)C(F)(F)F. The molecule has 0 amide bonds. The average molecular weight is 301 g/mol. The van der Waals surface area contributed by atoms with Gasteiger partial charge in [-0.2, -0.15) is 35.1 Å². The summed E-state index contributed by atoms with van der Waals surface area (Å²) in [4.78, 5) is 0. The van der Waals surface area contributed by atoms with Crippen molar-refractivity contribution in [3.8, 4) is 0 Å². The van der Waals surface area contributed by atoms with Gasteiger partial charge in [-0.05, 0) is 11.6 Å². The lowest BCUT2D eigenvalue weighted by Gasteiger charge is -2.29. The Morgan fingerprint density at radius 2 is 1.29 bits per heavy atom. The lowest BCUT2D eigenvalue weighted by Crippen LogP contribution is -2.52. The molecule has 0 aromatic heterocycles. The molecule has 0 aliphatic heterocycles. The van der Waals surface area contributed by atoms with Gasteiger partial charge in [0.2, 0.25) is 0 Å². The minimum atomic E-state index is -6.21. The normalized spacial score (nSPS) is 19.9. The molecular weight excluding hydrogens is 298 g/mol. The fraction of sp³-hybridized carbons (Fsp3) is 1.00. The number of hydrogen-bond acceptors (Lipinski definition) is 2. The van der Waals surface area contributed by atoms with Gasteiger partial charge in [-0.1, -0.05) is 0 Å². The summed E-state index contributed by atoms with van der Waals surface area (Å²) in [5.41, 5.74) is 0. The molecule has 104 valence electrons. The van der Waals surface area contributed by atoms with Gasteiger partial charge in [-0.15, -0.1) is 0 Å². The van der Waals surface area contributed by atoms with E-state index >= 15 is 0 Å². The molecule has 0 rings (SSSR count). The molecule has 0 aliphatic rings. The summed E-state index contributed by atoms with van der Waals surface area (Å²) < 4.78 is 109. The van der Waals surface area contributed by atoms with Crippen LogP contribution in [0.3, 0.4) is 0 Å². The maximum absolute atomic E-state index is 12.4. The Hall–Kier alpha value is -0.420. The molecule has 17 heavy (non-hydrogen) atoms. The first-order valence-corrected chi connectivity index (χ1v) is 3.76. The summed E-state index contributed by atoms with van der Waals surface area (Å²) >= 11 is 3.89. The van der Waals surface area contributed by atoms with Crippen molar-refractivity contribution < 1.29 is 49.4 Å². The molecule has 0 saturated heterocycles. The molecule has 2 nitrogen and oxygen atoms in total. The fourth-order valence-electron chi connectivity index (χ4n) is 0.475. The van der Waals surface area contributed by atoms with Gasteiger partial charge < -0.3 is 5.11 Å². The van der Waals surface area contributed by atoms with Crippen LogP contribution in [-0.4, -0.2) is 35.0 Å². The molecule has 12 heteroatoms. The third-order valence-electron chi connectivity index (χ3n) is 1.20. The lowest BCUT2D eigenvalue weighted by molar-refractivity contribution is -0.425. The summed E-state index contributed by atoms with van der Waals surface area (Å²) in [6, 6.07) is 0. The molecule has 0 bridgehead atoms. The molecule has 2 atom stereocenters. The fourth-order valence-corrected chi connectivity index (χ4v) is 0.577. The van der Waals surface area contributed by atoms with Gasteiger partial charge in [0.15, 0.2) is 0 Å². The predicted octanol–water partition coefficient (Wildman–Crippen LogP) is 2.94. The first-order chi connectivity index (χ1) is 7.11. The van der Waals surface area contributed by atoms with Gasteiger partial charge in [0, 0.05) is 0 Å². The van der Waals surface area contributed by atoms with E-state index < -0.39 is 29.9 Å². The minimum Gasteiger partial charge on any atom is -0.331 e. The molecule has 0 fully saturated rings. The van der Waals surface area contributed by atoms with E-state index in [1.165, 1.54) is 0 Å². The standard InChI is InChI=1S/C5H2ClF9O2/c6-4(13,5(14,15)16)17-3(11,12)1(7)2(8,9)10/h1,16H. The minimum absolute atomic E-state index is 2.15. The molecule has 0 saturated carbocycles. The van der Waals surface area contributed by atoms with Crippen LogP contribution >= 0.6 is 11.6 Å². The van der Waals surface area contributed by atoms with E-state index in [1.807, 2.05) is 0 Å². The smallest absolute Gasteiger partial charge is 0.331 e. The third kappa shape index (κ3) is 4.07. The molecule has 2 unspecified atom stereocenters. The van der Waals surface area contributed by atoms with Crippen molar-refractivity contribution >= 4 is 11.6 Å². The average Bonchev–Trinajstić information content (AvgIpc) is 1.96. The van der Waals surface area contributed by atoms with E-state index in [-0.39, 0.29) is 0 Å². The molecule has 1 N–H and O–H groups in total. The van der Waals surface area contributed by atoms with Crippen LogP contribution in [0.25, 0.3) is 0 Å². The van der Waals surface area contributed by atoms with Gasteiger partial charge in [0.05, 0.1) is 0 Å². The van der Waals surface area contributed by atoms with Crippen LogP contribution in [0.1, 0.15) is 0 Å². The largest absolute Gasteiger partial charge is 0.428 e. The van der Waals surface area contributed by atoms with E-state index in [0.717, 1.165) is 0 Å². The first-order valence-electron chi connectivity index (χ1n) is 3.38. The highest BCUT2D eigenvalue weighted by molar-refractivity contribution is 6.22. The Morgan fingerprint density at radius 3 is 1.53 bits per heavy atom. The van der Waals surface area contributed by atoms with Crippen LogP contribution in [0, 0.1) is 0 Å². The zero-order valence-corrected chi connectivity index (χ0v) is 7.97. The zero-order chi connectivity index (χ0) is 14.3. The Bertz CT molecular complexity index is 270. The van der Waals surface area contributed by atoms with Crippen molar-refractivity contribution in [3.63, 3.8) is 0 Å². The Morgan fingerprint density at radius 1 is 0.941 bits per heavy atom. The van der Waals surface area contributed by atoms with Gasteiger partial charge in [0.1, 0.15) is 0 Å².